The molecular weight excluding hydrogens is 160 g/mol. The Morgan fingerprint density at radius 1 is 1.25 bits per heavy atom. The molecule has 0 radical (unpaired) electrons. The molecule has 1 N–H and O–H groups in total. The average molecular weight is 177 g/mol. The maximum Gasteiger partial charge on any atom is 0.248 e. The van der Waals surface area contributed by atoms with E-state index in [9.17, 15) is 8.78 Å². The van der Waals surface area contributed by atoms with Gasteiger partial charge in [-0.1, -0.05) is 13.8 Å². The molecule has 0 aromatic rings. The highest BCUT2D eigenvalue weighted by Gasteiger charge is 2.34. The van der Waals surface area contributed by atoms with E-state index in [1.165, 1.54) is 0 Å². The van der Waals surface area contributed by atoms with Crippen molar-refractivity contribution in [1.82, 2.24) is 5.32 Å². The Labute approximate surface area is 72.5 Å². The minimum Gasteiger partial charge on any atom is -0.312 e. The number of alkyl halides is 2. The third-order valence-corrected chi connectivity index (χ3v) is 2.29. The van der Waals surface area contributed by atoms with Crippen LogP contribution in [0.3, 0.4) is 0 Å². The average Bonchev–Trinajstić information content (AvgIpc) is 1.93. The molecule has 0 aromatic carbocycles. The lowest BCUT2D eigenvalue weighted by atomic mass is 9.92. The van der Waals surface area contributed by atoms with Crippen molar-refractivity contribution in [3.63, 3.8) is 0 Å². The van der Waals surface area contributed by atoms with Gasteiger partial charge < -0.3 is 5.32 Å². The molecule has 0 unspecified atom stereocenters. The summed E-state index contributed by atoms with van der Waals surface area (Å²) in [5.74, 6) is -2.39. The lowest BCUT2D eigenvalue weighted by Gasteiger charge is -2.30. The van der Waals surface area contributed by atoms with E-state index < -0.39 is 5.92 Å². The minimum absolute atomic E-state index is 0.0530. The van der Waals surface area contributed by atoms with Crippen molar-refractivity contribution in [2.75, 3.05) is 0 Å². The fourth-order valence-corrected chi connectivity index (χ4v) is 1.68. The maximum absolute atomic E-state index is 12.7. The SMILES string of the molecule is CC(C)NC1CCC(F)(F)CC1. The van der Waals surface area contributed by atoms with Crippen molar-refractivity contribution in [1.29, 1.82) is 0 Å². The van der Waals surface area contributed by atoms with Gasteiger partial charge in [0.1, 0.15) is 0 Å². The zero-order chi connectivity index (χ0) is 9.19. The summed E-state index contributed by atoms with van der Waals surface area (Å²) in [6, 6.07) is 0.714. The smallest absolute Gasteiger partial charge is 0.248 e. The predicted octanol–water partition coefficient (Wildman–Crippen LogP) is 2.56. The lowest BCUT2D eigenvalue weighted by Crippen LogP contribution is -2.40. The van der Waals surface area contributed by atoms with Gasteiger partial charge in [0.25, 0.3) is 0 Å². The highest BCUT2D eigenvalue weighted by Crippen LogP contribution is 2.32. The van der Waals surface area contributed by atoms with Gasteiger partial charge in [-0.05, 0) is 12.8 Å². The summed E-state index contributed by atoms with van der Waals surface area (Å²) in [6.45, 7) is 4.10. The molecule has 0 amide bonds. The van der Waals surface area contributed by atoms with Crippen LogP contribution in [0.2, 0.25) is 0 Å². The molecule has 3 heteroatoms. The van der Waals surface area contributed by atoms with Gasteiger partial charge in [-0.2, -0.15) is 0 Å². The van der Waals surface area contributed by atoms with Crippen molar-refractivity contribution in [2.45, 2.75) is 57.5 Å². The Morgan fingerprint density at radius 3 is 2.17 bits per heavy atom. The second-order valence-corrected chi connectivity index (χ2v) is 3.95. The summed E-state index contributed by atoms with van der Waals surface area (Å²) in [7, 11) is 0. The van der Waals surface area contributed by atoms with Crippen LogP contribution in [0, 0.1) is 0 Å². The van der Waals surface area contributed by atoms with Crippen molar-refractivity contribution in [3.05, 3.63) is 0 Å². The number of hydrogen-bond donors (Lipinski definition) is 1. The fourth-order valence-electron chi connectivity index (χ4n) is 1.68. The van der Waals surface area contributed by atoms with Gasteiger partial charge in [-0.15, -0.1) is 0 Å². The van der Waals surface area contributed by atoms with Gasteiger partial charge in [0.05, 0.1) is 0 Å². The summed E-state index contributed by atoms with van der Waals surface area (Å²) in [5, 5.41) is 3.29. The first-order valence-corrected chi connectivity index (χ1v) is 4.63. The predicted molar refractivity (Wildman–Crippen MR) is 45.5 cm³/mol. The Morgan fingerprint density at radius 2 is 1.75 bits per heavy atom. The number of nitrogens with one attached hydrogen (secondary N) is 1. The molecule has 0 aromatic heterocycles. The lowest BCUT2D eigenvalue weighted by molar-refractivity contribution is -0.0409. The number of halogens is 2. The standard InChI is InChI=1S/C9H17F2N/c1-7(2)12-8-3-5-9(10,11)6-4-8/h7-8,12H,3-6H2,1-2H3. The molecule has 1 rings (SSSR count). The molecular formula is C9H17F2N. The van der Waals surface area contributed by atoms with E-state index in [4.69, 9.17) is 0 Å². The normalized spacial score (nSPS) is 24.8. The molecule has 1 aliphatic rings. The van der Waals surface area contributed by atoms with E-state index in [0.29, 0.717) is 24.9 Å². The van der Waals surface area contributed by atoms with Crippen molar-refractivity contribution < 1.29 is 8.78 Å². The van der Waals surface area contributed by atoms with E-state index in [-0.39, 0.29) is 12.8 Å². The van der Waals surface area contributed by atoms with Crippen molar-refractivity contribution >= 4 is 0 Å². The van der Waals surface area contributed by atoms with Crippen LogP contribution in [0.1, 0.15) is 39.5 Å². The summed E-state index contributed by atoms with van der Waals surface area (Å²) in [4.78, 5) is 0. The van der Waals surface area contributed by atoms with Crippen LogP contribution < -0.4 is 5.32 Å². The maximum atomic E-state index is 12.7. The highest BCUT2D eigenvalue weighted by molar-refractivity contribution is 4.82. The molecule has 0 bridgehead atoms. The van der Waals surface area contributed by atoms with Crippen LogP contribution in [-0.4, -0.2) is 18.0 Å². The van der Waals surface area contributed by atoms with Gasteiger partial charge >= 0.3 is 0 Å². The summed E-state index contributed by atoms with van der Waals surface area (Å²) >= 11 is 0. The highest BCUT2D eigenvalue weighted by atomic mass is 19.3. The zero-order valence-corrected chi connectivity index (χ0v) is 7.74. The molecule has 1 saturated carbocycles. The molecule has 1 aliphatic carbocycles. The Hall–Kier alpha value is -0.180. The molecule has 0 saturated heterocycles. The van der Waals surface area contributed by atoms with Gasteiger partial charge in [0.15, 0.2) is 0 Å². The van der Waals surface area contributed by atoms with E-state index >= 15 is 0 Å². The third kappa shape index (κ3) is 3.05. The second kappa shape index (κ2) is 3.69. The minimum atomic E-state index is -2.39. The van der Waals surface area contributed by atoms with Gasteiger partial charge in [-0.3, -0.25) is 0 Å². The van der Waals surface area contributed by atoms with E-state index in [0.717, 1.165) is 0 Å². The van der Waals surface area contributed by atoms with Crippen LogP contribution in [0.5, 0.6) is 0 Å². The van der Waals surface area contributed by atoms with Gasteiger partial charge in [0.2, 0.25) is 5.92 Å². The first-order chi connectivity index (χ1) is 5.49. The fraction of sp³-hybridized carbons (Fsp3) is 1.00. The van der Waals surface area contributed by atoms with E-state index in [2.05, 4.69) is 5.32 Å². The number of hydrogen-bond acceptors (Lipinski definition) is 1. The topological polar surface area (TPSA) is 12.0 Å². The summed E-state index contributed by atoms with van der Waals surface area (Å²) in [6.07, 6.45) is 1.34. The van der Waals surface area contributed by atoms with Crippen molar-refractivity contribution in [2.24, 2.45) is 0 Å². The summed E-state index contributed by atoms with van der Waals surface area (Å²) in [5.41, 5.74) is 0. The molecule has 1 nitrogen and oxygen atoms in total. The van der Waals surface area contributed by atoms with Crippen LogP contribution >= 0.6 is 0 Å². The summed E-state index contributed by atoms with van der Waals surface area (Å²) < 4.78 is 25.4. The zero-order valence-electron chi connectivity index (χ0n) is 7.74. The molecule has 0 atom stereocenters. The first-order valence-electron chi connectivity index (χ1n) is 4.63. The molecule has 72 valence electrons. The van der Waals surface area contributed by atoms with Gasteiger partial charge in [0, 0.05) is 24.9 Å². The molecule has 0 aliphatic heterocycles. The van der Waals surface area contributed by atoms with Crippen LogP contribution in [0.25, 0.3) is 0 Å². The molecule has 0 spiro atoms. The number of rotatable bonds is 2. The van der Waals surface area contributed by atoms with E-state index in [1.807, 2.05) is 13.8 Å². The van der Waals surface area contributed by atoms with Crippen LogP contribution in [0.15, 0.2) is 0 Å². The largest absolute Gasteiger partial charge is 0.312 e. The third-order valence-electron chi connectivity index (χ3n) is 2.29. The Balaban J connectivity index is 2.27. The molecule has 1 fully saturated rings. The second-order valence-electron chi connectivity index (χ2n) is 3.95. The Bertz CT molecular complexity index is 135. The molecule has 0 heterocycles. The Kier molecular flexibility index (Phi) is 3.04. The molecule has 12 heavy (non-hydrogen) atoms. The van der Waals surface area contributed by atoms with Crippen molar-refractivity contribution in [3.8, 4) is 0 Å². The van der Waals surface area contributed by atoms with Gasteiger partial charge in [-0.25, -0.2) is 8.78 Å². The van der Waals surface area contributed by atoms with Crippen LogP contribution in [0.4, 0.5) is 8.78 Å². The first kappa shape index (κ1) is 9.90. The quantitative estimate of drug-likeness (QED) is 0.683. The van der Waals surface area contributed by atoms with Crippen LogP contribution in [-0.2, 0) is 0 Å². The van der Waals surface area contributed by atoms with E-state index in [1.54, 1.807) is 0 Å². The monoisotopic (exact) mass is 177 g/mol.